The molecule has 3 aromatic heterocycles. The zero-order chi connectivity index (χ0) is 40.4. The molecule has 0 saturated heterocycles. The summed E-state index contributed by atoms with van der Waals surface area (Å²) >= 11 is 3.43. The SMILES string of the molecule is CC(C)(C)c1ccnc(-c2c3[c-]c(Oc4[c-]c(N5[CH-]N(c6c(-c7ccccc7)cccc6-c6ccccc6)c6ccccc65)ccc4)sc3cc3c2sc2ccccc23)c1.[Pt]. The Hall–Kier alpha value is -6.04. The maximum absolute atomic E-state index is 6.71. The van der Waals surface area contributed by atoms with Gasteiger partial charge in [0.05, 0.1) is 0 Å². The second kappa shape index (κ2) is 15.8. The van der Waals surface area contributed by atoms with Gasteiger partial charge in [-0.2, -0.15) is 22.8 Å². The summed E-state index contributed by atoms with van der Waals surface area (Å²) in [6, 6.07) is 65.2. The fraction of sp³-hybridized carbons (Fsp3) is 0.0741. The molecule has 7 heteroatoms. The number of pyridine rings is 1. The van der Waals surface area contributed by atoms with E-state index in [4.69, 9.17) is 9.72 Å². The van der Waals surface area contributed by atoms with Gasteiger partial charge >= 0.3 is 0 Å². The normalized spacial score (nSPS) is 12.6. The van der Waals surface area contributed by atoms with Gasteiger partial charge in [-0.3, -0.25) is 4.98 Å². The maximum atomic E-state index is 6.71. The van der Waals surface area contributed by atoms with Crippen molar-refractivity contribution < 1.29 is 25.8 Å². The number of fused-ring (bicyclic) bond motifs is 5. The molecule has 0 aliphatic carbocycles. The number of anilines is 4. The first-order valence-corrected chi connectivity index (χ1v) is 21.7. The van der Waals surface area contributed by atoms with Gasteiger partial charge in [0.2, 0.25) is 0 Å². The second-order valence-corrected chi connectivity index (χ2v) is 18.1. The van der Waals surface area contributed by atoms with Gasteiger partial charge in [-0.1, -0.05) is 146 Å². The van der Waals surface area contributed by atoms with E-state index in [0.717, 1.165) is 66.3 Å². The minimum atomic E-state index is -0.0157. The van der Waals surface area contributed by atoms with E-state index in [2.05, 4.69) is 201 Å². The van der Waals surface area contributed by atoms with Gasteiger partial charge < -0.3 is 14.5 Å². The van der Waals surface area contributed by atoms with E-state index in [1.165, 1.54) is 25.7 Å². The molecule has 0 atom stereocenters. The molecule has 0 unspecified atom stereocenters. The number of ether oxygens (including phenoxy) is 1. The van der Waals surface area contributed by atoms with Crippen LogP contribution in [-0.2, 0) is 26.5 Å². The molecule has 300 valence electrons. The summed E-state index contributed by atoms with van der Waals surface area (Å²) in [5.74, 6) is 0.621. The van der Waals surface area contributed by atoms with Gasteiger partial charge in [-0.05, 0) is 67.9 Å². The number of benzene rings is 7. The van der Waals surface area contributed by atoms with Crippen molar-refractivity contribution in [3.8, 4) is 44.3 Å². The predicted molar refractivity (Wildman–Crippen MR) is 253 cm³/mol. The van der Waals surface area contributed by atoms with Crippen molar-refractivity contribution >= 4 is 75.7 Å². The summed E-state index contributed by atoms with van der Waals surface area (Å²) in [5.41, 5.74) is 12.0. The molecule has 0 amide bonds. The number of rotatable bonds is 7. The average Bonchev–Trinajstić information content (AvgIpc) is 3.99. The number of aromatic nitrogens is 1. The van der Waals surface area contributed by atoms with Crippen LogP contribution in [0.4, 0.5) is 22.7 Å². The van der Waals surface area contributed by atoms with E-state index < -0.39 is 0 Å². The second-order valence-electron chi connectivity index (χ2n) is 16.1. The first-order chi connectivity index (χ1) is 29.4. The van der Waals surface area contributed by atoms with E-state index in [0.29, 0.717) is 10.8 Å². The molecule has 0 spiro atoms. The first kappa shape index (κ1) is 39.1. The van der Waals surface area contributed by atoms with Crippen molar-refractivity contribution in [3.63, 3.8) is 0 Å². The van der Waals surface area contributed by atoms with Crippen molar-refractivity contribution in [1.29, 1.82) is 0 Å². The Morgan fingerprint density at radius 1 is 0.607 bits per heavy atom. The van der Waals surface area contributed by atoms with Crippen LogP contribution in [0.1, 0.15) is 26.3 Å². The molecule has 10 aromatic rings. The molecular weight excluding hydrogens is 966 g/mol. The van der Waals surface area contributed by atoms with Gasteiger partial charge in [0.1, 0.15) is 5.06 Å². The molecule has 4 heterocycles. The molecule has 0 saturated carbocycles. The molecular formula is C54H38N3OPtS2-3. The minimum Gasteiger partial charge on any atom is -0.493 e. The Morgan fingerprint density at radius 3 is 1.98 bits per heavy atom. The molecule has 4 nitrogen and oxygen atoms in total. The predicted octanol–water partition coefficient (Wildman–Crippen LogP) is 15.8. The van der Waals surface area contributed by atoms with Crippen LogP contribution < -0.4 is 14.5 Å². The Kier molecular flexibility index (Phi) is 10.1. The van der Waals surface area contributed by atoms with Crippen molar-refractivity contribution in [3.05, 3.63) is 194 Å². The smallest absolute Gasteiger partial charge is 0.107 e. The van der Waals surface area contributed by atoms with Crippen LogP contribution in [0.2, 0.25) is 0 Å². The molecule has 1 aliphatic rings. The number of para-hydroxylation sites is 3. The van der Waals surface area contributed by atoms with Crippen LogP contribution in [0, 0.1) is 18.8 Å². The summed E-state index contributed by atoms with van der Waals surface area (Å²) in [6.07, 6.45) is 1.94. The summed E-state index contributed by atoms with van der Waals surface area (Å²) in [4.78, 5) is 9.49. The minimum absolute atomic E-state index is 0. The largest absolute Gasteiger partial charge is 0.493 e. The molecule has 0 N–H and O–H groups in total. The molecule has 1 aliphatic heterocycles. The van der Waals surface area contributed by atoms with Crippen LogP contribution in [-0.4, -0.2) is 4.98 Å². The Morgan fingerprint density at radius 2 is 1.26 bits per heavy atom. The topological polar surface area (TPSA) is 28.6 Å². The molecule has 61 heavy (non-hydrogen) atoms. The quantitative estimate of drug-likeness (QED) is 0.149. The number of nitrogens with zero attached hydrogens (tertiary/aromatic N) is 3. The van der Waals surface area contributed by atoms with Gasteiger partial charge in [0, 0.05) is 71.6 Å². The van der Waals surface area contributed by atoms with E-state index >= 15 is 0 Å². The fourth-order valence-corrected chi connectivity index (χ4v) is 10.5. The third-order valence-corrected chi connectivity index (χ3v) is 13.4. The van der Waals surface area contributed by atoms with Gasteiger partial charge in [0.25, 0.3) is 0 Å². The molecule has 0 fully saturated rings. The standard InChI is InChI=1S/C54H38N3OS2.Pt/c1-54(2,3)37-28-29-55-45(30-37)51-44-33-50(59-49(44)32-43-42-22-10-13-27-48(42)60-53(43)51)58-39-21-14-20-38(31-39)56-34-57(47-26-12-11-25-46(47)56)52-40(35-16-6-4-7-17-35)23-15-24-41(52)36-18-8-5-9-19-36;/h4-30,32,34H,1-3H3;/q-3;. The Balaban J connectivity index is 0.00000445. The van der Waals surface area contributed by atoms with Gasteiger partial charge in [0.15, 0.2) is 0 Å². The monoisotopic (exact) mass is 1000 g/mol. The van der Waals surface area contributed by atoms with Crippen LogP contribution in [0.3, 0.4) is 0 Å². The van der Waals surface area contributed by atoms with Crippen LogP contribution in [0.25, 0.3) is 63.8 Å². The van der Waals surface area contributed by atoms with Crippen LogP contribution >= 0.6 is 22.7 Å². The summed E-state index contributed by atoms with van der Waals surface area (Å²) in [7, 11) is 0. The van der Waals surface area contributed by atoms with E-state index in [-0.39, 0.29) is 26.5 Å². The number of hydrogen-bond donors (Lipinski definition) is 0. The van der Waals surface area contributed by atoms with Crippen molar-refractivity contribution in [2.45, 2.75) is 26.2 Å². The average molecular weight is 1000 g/mol. The summed E-state index contributed by atoms with van der Waals surface area (Å²) in [6.45, 7) is 8.92. The van der Waals surface area contributed by atoms with Gasteiger partial charge in [-0.25, -0.2) is 0 Å². The molecule has 11 rings (SSSR count). The van der Waals surface area contributed by atoms with Crippen molar-refractivity contribution in [1.82, 2.24) is 4.98 Å². The Labute approximate surface area is 378 Å². The molecule has 7 aromatic carbocycles. The number of thiophene rings is 2. The van der Waals surface area contributed by atoms with Crippen LogP contribution in [0.15, 0.2) is 170 Å². The zero-order valence-electron chi connectivity index (χ0n) is 33.6. The molecule has 0 radical (unpaired) electrons. The van der Waals surface area contributed by atoms with E-state index in [1.54, 1.807) is 11.3 Å². The van der Waals surface area contributed by atoms with Crippen molar-refractivity contribution in [2.24, 2.45) is 0 Å². The Bertz CT molecular complexity index is 3170. The fourth-order valence-electron chi connectivity index (χ4n) is 8.31. The molecule has 0 bridgehead atoms. The maximum Gasteiger partial charge on any atom is 0.107 e. The van der Waals surface area contributed by atoms with E-state index in [9.17, 15) is 0 Å². The third kappa shape index (κ3) is 7.03. The van der Waals surface area contributed by atoms with Crippen LogP contribution in [0.5, 0.6) is 10.8 Å². The zero-order valence-corrected chi connectivity index (χ0v) is 37.5. The van der Waals surface area contributed by atoms with Crippen molar-refractivity contribution in [2.75, 3.05) is 9.80 Å². The van der Waals surface area contributed by atoms with E-state index in [1.807, 2.05) is 29.7 Å². The first-order valence-electron chi connectivity index (χ1n) is 20.1. The number of hydrogen-bond acceptors (Lipinski definition) is 6. The third-order valence-electron chi connectivity index (χ3n) is 11.2. The summed E-state index contributed by atoms with van der Waals surface area (Å²) < 4.78 is 10.3. The summed E-state index contributed by atoms with van der Waals surface area (Å²) in [5, 5.41) is 4.19. The van der Waals surface area contributed by atoms with Gasteiger partial charge in [-0.15, -0.1) is 48.0 Å².